The third-order valence-electron chi connectivity index (χ3n) is 7.31. The number of urea groups is 1. The van der Waals surface area contributed by atoms with E-state index in [1.54, 1.807) is 18.2 Å². The zero-order valence-corrected chi connectivity index (χ0v) is 21.5. The van der Waals surface area contributed by atoms with Gasteiger partial charge in [-0.2, -0.15) is 0 Å². The first-order valence-corrected chi connectivity index (χ1v) is 13.1. The van der Waals surface area contributed by atoms with Crippen molar-refractivity contribution in [1.29, 1.82) is 0 Å². The molecular formula is C30H32N3O5-. The fourth-order valence-corrected chi connectivity index (χ4v) is 5.32. The number of hydrogen-bond donors (Lipinski definition) is 2. The lowest BCUT2D eigenvalue weighted by atomic mass is 9.90. The minimum Gasteiger partial charge on any atom is -0.545 e. The lowest BCUT2D eigenvalue weighted by molar-refractivity contribution is -0.255. The van der Waals surface area contributed by atoms with Crippen LogP contribution < -0.4 is 25.2 Å². The highest BCUT2D eigenvalue weighted by Gasteiger charge is 2.23. The molecule has 38 heavy (non-hydrogen) atoms. The van der Waals surface area contributed by atoms with E-state index in [-0.39, 0.29) is 12.4 Å². The van der Waals surface area contributed by atoms with Crippen LogP contribution in [0, 0.1) is 5.92 Å². The van der Waals surface area contributed by atoms with E-state index in [1.165, 1.54) is 11.6 Å². The van der Waals surface area contributed by atoms with E-state index in [4.69, 9.17) is 9.47 Å². The van der Waals surface area contributed by atoms with Crippen molar-refractivity contribution in [3.8, 4) is 11.5 Å². The van der Waals surface area contributed by atoms with Crippen molar-refractivity contribution < 1.29 is 24.2 Å². The standard InChI is InChI=1S/C30H33N3O5/c1-2-23-24(29(34)35)9-6-10-25(23)31-30(36)32-26-17-28-27(37-19-38-28)16-22(26)18-33-13-11-21(12-14-33)15-20-7-4-3-5-8-20/h3-10,16-17,21H,2,11-15,18-19H2,1H3,(H,34,35)(H2,31,32,36)/p-1. The lowest BCUT2D eigenvalue weighted by Gasteiger charge is -2.32. The van der Waals surface area contributed by atoms with Gasteiger partial charge in [-0.05, 0) is 73.5 Å². The Kier molecular flexibility index (Phi) is 7.79. The monoisotopic (exact) mass is 514 g/mol. The molecule has 0 aromatic heterocycles. The number of aromatic carboxylic acids is 1. The van der Waals surface area contributed by atoms with Crippen LogP contribution >= 0.6 is 0 Å². The molecule has 8 nitrogen and oxygen atoms in total. The first kappa shape index (κ1) is 25.6. The molecule has 2 N–H and O–H groups in total. The van der Waals surface area contributed by atoms with E-state index >= 15 is 0 Å². The average Bonchev–Trinajstić information content (AvgIpc) is 3.37. The van der Waals surface area contributed by atoms with Crippen LogP contribution in [0.15, 0.2) is 60.7 Å². The van der Waals surface area contributed by atoms with Gasteiger partial charge in [-0.25, -0.2) is 4.79 Å². The van der Waals surface area contributed by atoms with Crippen LogP contribution in [-0.4, -0.2) is 36.8 Å². The van der Waals surface area contributed by atoms with Gasteiger partial charge in [0.1, 0.15) is 0 Å². The van der Waals surface area contributed by atoms with Gasteiger partial charge in [-0.1, -0.05) is 49.4 Å². The number of likely N-dealkylation sites (tertiary alicyclic amines) is 1. The van der Waals surface area contributed by atoms with Crippen LogP contribution in [0.3, 0.4) is 0 Å². The number of hydrogen-bond acceptors (Lipinski definition) is 6. The quantitative estimate of drug-likeness (QED) is 0.461. The van der Waals surface area contributed by atoms with E-state index in [0.717, 1.165) is 37.9 Å². The predicted octanol–water partition coefficient (Wildman–Crippen LogP) is 4.44. The molecule has 0 unspecified atom stereocenters. The van der Waals surface area contributed by atoms with Crippen molar-refractivity contribution in [2.24, 2.45) is 5.92 Å². The second-order valence-corrected chi connectivity index (χ2v) is 9.82. The number of amides is 2. The summed E-state index contributed by atoms with van der Waals surface area (Å²) >= 11 is 0. The minimum absolute atomic E-state index is 0.0738. The summed E-state index contributed by atoms with van der Waals surface area (Å²) in [7, 11) is 0. The third-order valence-corrected chi connectivity index (χ3v) is 7.31. The Morgan fingerprint density at radius 3 is 2.37 bits per heavy atom. The summed E-state index contributed by atoms with van der Waals surface area (Å²) < 4.78 is 11.2. The fourth-order valence-electron chi connectivity index (χ4n) is 5.32. The lowest BCUT2D eigenvalue weighted by Crippen LogP contribution is -2.34. The first-order chi connectivity index (χ1) is 18.5. The summed E-state index contributed by atoms with van der Waals surface area (Å²) in [5.74, 6) is 0.647. The normalized spacial score (nSPS) is 15.3. The van der Waals surface area contributed by atoms with E-state index in [2.05, 4.69) is 45.9 Å². The molecule has 5 rings (SSSR count). The summed E-state index contributed by atoms with van der Waals surface area (Å²) in [6.45, 7) is 4.61. The molecule has 0 aliphatic carbocycles. The Labute approximate surface area is 222 Å². The number of ether oxygens (including phenoxy) is 2. The number of piperidine rings is 1. The maximum absolute atomic E-state index is 13.0. The SMILES string of the molecule is CCc1c(NC(=O)Nc2cc3c(cc2CN2CCC(Cc4ccccc4)CC2)OCO3)cccc1C(=O)[O-]. The highest BCUT2D eigenvalue weighted by Crippen LogP contribution is 2.38. The number of carboxylic acid groups (broad SMARTS) is 1. The molecule has 0 bridgehead atoms. The third kappa shape index (κ3) is 5.92. The Hall–Kier alpha value is -4.04. The zero-order chi connectivity index (χ0) is 26.5. The number of carbonyl (C=O) groups is 2. The molecule has 2 amide bonds. The van der Waals surface area contributed by atoms with E-state index in [0.29, 0.717) is 47.3 Å². The summed E-state index contributed by atoms with van der Waals surface area (Å²) in [5.41, 5.74) is 3.99. The first-order valence-electron chi connectivity index (χ1n) is 13.1. The van der Waals surface area contributed by atoms with Gasteiger partial charge in [-0.3, -0.25) is 4.90 Å². The smallest absolute Gasteiger partial charge is 0.323 e. The number of nitrogens with zero attached hydrogens (tertiary/aromatic N) is 1. The van der Waals surface area contributed by atoms with Crippen molar-refractivity contribution in [3.05, 3.63) is 82.9 Å². The molecule has 2 aliphatic heterocycles. The van der Waals surface area contributed by atoms with Crippen LogP contribution in [0.2, 0.25) is 0 Å². The molecule has 8 heteroatoms. The van der Waals surface area contributed by atoms with Crippen molar-refractivity contribution in [1.82, 2.24) is 4.90 Å². The van der Waals surface area contributed by atoms with Crippen LogP contribution in [0.25, 0.3) is 0 Å². The second-order valence-electron chi connectivity index (χ2n) is 9.82. The van der Waals surface area contributed by atoms with Crippen LogP contribution in [-0.2, 0) is 19.4 Å². The van der Waals surface area contributed by atoms with Crippen molar-refractivity contribution in [2.75, 3.05) is 30.5 Å². The molecule has 1 fully saturated rings. The van der Waals surface area contributed by atoms with E-state index in [1.807, 2.05) is 13.0 Å². The number of fused-ring (bicyclic) bond motifs is 1. The van der Waals surface area contributed by atoms with Gasteiger partial charge in [-0.15, -0.1) is 0 Å². The molecule has 2 heterocycles. The van der Waals surface area contributed by atoms with Gasteiger partial charge in [0, 0.05) is 23.9 Å². The molecule has 2 aliphatic rings. The zero-order valence-electron chi connectivity index (χ0n) is 21.5. The van der Waals surface area contributed by atoms with Crippen LogP contribution in [0.1, 0.15) is 46.8 Å². The highest BCUT2D eigenvalue weighted by atomic mass is 16.7. The Morgan fingerprint density at radius 2 is 1.66 bits per heavy atom. The summed E-state index contributed by atoms with van der Waals surface area (Å²) in [4.78, 5) is 26.9. The fraction of sp³-hybridized carbons (Fsp3) is 0.333. The maximum atomic E-state index is 13.0. The van der Waals surface area contributed by atoms with Gasteiger partial charge in [0.15, 0.2) is 11.5 Å². The predicted molar refractivity (Wildman–Crippen MR) is 144 cm³/mol. The summed E-state index contributed by atoms with van der Waals surface area (Å²) in [5, 5.41) is 17.2. The number of benzene rings is 3. The average molecular weight is 515 g/mol. The largest absolute Gasteiger partial charge is 0.545 e. The molecule has 0 atom stereocenters. The number of anilines is 2. The molecule has 0 radical (unpaired) electrons. The van der Waals surface area contributed by atoms with Crippen LogP contribution in [0.4, 0.5) is 16.2 Å². The number of rotatable bonds is 8. The van der Waals surface area contributed by atoms with Gasteiger partial charge >= 0.3 is 6.03 Å². The maximum Gasteiger partial charge on any atom is 0.323 e. The number of carboxylic acids is 1. The second kappa shape index (κ2) is 11.6. The van der Waals surface area contributed by atoms with Gasteiger partial charge in [0.25, 0.3) is 0 Å². The Bertz CT molecular complexity index is 1300. The highest BCUT2D eigenvalue weighted by molar-refractivity contribution is 6.02. The Balaban J connectivity index is 1.27. The van der Waals surface area contributed by atoms with Crippen molar-refractivity contribution in [2.45, 2.75) is 39.2 Å². The van der Waals surface area contributed by atoms with E-state index < -0.39 is 12.0 Å². The number of carbonyl (C=O) groups excluding carboxylic acids is 2. The molecular weight excluding hydrogens is 482 g/mol. The number of nitrogens with one attached hydrogen (secondary N) is 2. The molecule has 3 aromatic rings. The van der Waals surface area contributed by atoms with Crippen molar-refractivity contribution in [3.63, 3.8) is 0 Å². The topological polar surface area (TPSA) is 103 Å². The summed E-state index contributed by atoms with van der Waals surface area (Å²) in [6, 6.07) is 18.7. The van der Waals surface area contributed by atoms with Crippen molar-refractivity contribution >= 4 is 23.4 Å². The van der Waals surface area contributed by atoms with Crippen LogP contribution in [0.5, 0.6) is 11.5 Å². The molecule has 3 aromatic carbocycles. The van der Waals surface area contributed by atoms with Gasteiger partial charge in [0.05, 0.1) is 11.7 Å². The van der Waals surface area contributed by atoms with Gasteiger partial charge < -0.3 is 30.0 Å². The van der Waals surface area contributed by atoms with Gasteiger partial charge in [0.2, 0.25) is 6.79 Å². The molecule has 1 saturated heterocycles. The molecule has 0 saturated carbocycles. The molecule has 0 spiro atoms. The van der Waals surface area contributed by atoms with E-state index in [9.17, 15) is 14.7 Å². The Morgan fingerprint density at radius 1 is 0.947 bits per heavy atom. The summed E-state index contributed by atoms with van der Waals surface area (Å²) in [6.07, 6.45) is 3.79. The molecule has 198 valence electrons. The minimum atomic E-state index is -1.27.